The fourth-order valence-electron chi connectivity index (χ4n) is 3.87. The van der Waals surface area contributed by atoms with Crippen LogP contribution in [-0.2, 0) is 9.59 Å². The van der Waals surface area contributed by atoms with Crippen molar-refractivity contribution in [1.29, 1.82) is 0 Å². The maximum absolute atomic E-state index is 14.6. The van der Waals surface area contributed by atoms with Crippen LogP contribution in [0.1, 0.15) is 37.8 Å². The second-order valence-corrected chi connectivity index (χ2v) is 8.50. The zero-order valence-electron chi connectivity index (χ0n) is 16.8. The van der Waals surface area contributed by atoms with Crippen molar-refractivity contribution in [1.82, 2.24) is 9.80 Å². The van der Waals surface area contributed by atoms with Crippen LogP contribution in [0.2, 0.25) is 0 Å². The monoisotopic (exact) mass is 420 g/mol. The van der Waals surface area contributed by atoms with E-state index in [1.165, 1.54) is 6.07 Å². The average molecular weight is 421 g/mol. The molecule has 2 aliphatic rings. The van der Waals surface area contributed by atoms with E-state index in [0.29, 0.717) is 31.7 Å². The number of nitrogens with zero attached hydrogens (tertiary/aromatic N) is 2. The number of rotatable bonds is 9. The van der Waals surface area contributed by atoms with E-state index in [-0.39, 0.29) is 29.3 Å². The molecule has 0 amide bonds. The number of carbonyl (C=O) groups excluding carboxylic acids is 1. The Bertz CT molecular complexity index is 781. The summed E-state index contributed by atoms with van der Waals surface area (Å²) >= 11 is 4.69. The van der Waals surface area contributed by atoms with Crippen LogP contribution in [0.5, 0.6) is 0 Å². The number of carboxylic acids is 1. The molecule has 5 nitrogen and oxygen atoms in total. The highest BCUT2D eigenvalue weighted by Crippen LogP contribution is 2.39. The third kappa shape index (κ3) is 5.68. The Labute approximate surface area is 177 Å². The quantitative estimate of drug-likeness (QED) is 0.475. The Morgan fingerprint density at radius 3 is 2.69 bits per heavy atom. The predicted octanol–water partition coefficient (Wildman–Crippen LogP) is 3.18. The van der Waals surface area contributed by atoms with Gasteiger partial charge in [0, 0.05) is 36.4 Å². The van der Waals surface area contributed by atoms with Crippen LogP contribution < -0.4 is 0 Å². The number of halogens is 1. The van der Waals surface area contributed by atoms with E-state index in [2.05, 4.69) is 4.90 Å². The van der Waals surface area contributed by atoms with Crippen molar-refractivity contribution >= 4 is 24.4 Å². The first-order valence-electron chi connectivity index (χ1n) is 10.2. The fourth-order valence-corrected chi connectivity index (χ4v) is 4.18. The largest absolute Gasteiger partial charge is 0.480 e. The number of benzene rings is 1. The molecule has 0 aromatic heterocycles. The molecule has 158 valence electrons. The first-order chi connectivity index (χ1) is 13.9. The number of hydrogen-bond donors (Lipinski definition) is 2. The van der Waals surface area contributed by atoms with E-state index < -0.39 is 12.0 Å². The fraction of sp³-hybridized carbons (Fsp3) is 0.545. The summed E-state index contributed by atoms with van der Waals surface area (Å²) < 4.78 is 14.6. The Hall–Kier alpha value is -1.70. The molecule has 1 aromatic carbocycles. The van der Waals surface area contributed by atoms with E-state index in [4.69, 9.17) is 17.7 Å². The minimum Gasteiger partial charge on any atom is -0.480 e. The van der Waals surface area contributed by atoms with Crippen molar-refractivity contribution in [2.45, 2.75) is 37.5 Å². The number of ketones is 1. The standard InChI is InChI=1S/C22H29FN2O3S/c1-2-24(14-20(26)27)11-9-16-13-25(12-10-19(16)29)21(22(28)15-7-8-15)17-5-3-4-6-18(17)23/h3-6,9,15,19,21,29H,2,7-8,10-14H2,1H3,(H,26,27)/b16-9+. The summed E-state index contributed by atoms with van der Waals surface area (Å²) in [4.78, 5) is 28.0. The maximum Gasteiger partial charge on any atom is 0.317 e. The number of thiol groups is 1. The highest BCUT2D eigenvalue weighted by atomic mass is 32.1. The molecule has 1 aromatic rings. The Kier molecular flexibility index (Phi) is 7.49. The second-order valence-electron chi connectivity index (χ2n) is 7.88. The van der Waals surface area contributed by atoms with Crippen molar-refractivity contribution in [3.63, 3.8) is 0 Å². The first kappa shape index (κ1) is 22.0. The number of carbonyl (C=O) groups is 2. The van der Waals surface area contributed by atoms with Gasteiger partial charge in [-0.3, -0.25) is 19.4 Å². The number of hydrogen-bond acceptors (Lipinski definition) is 5. The molecule has 1 saturated carbocycles. The van der Waals surface area contributed by atoms with Gasteiger partial charge in [0.05, 0.1) is 12.6 Å². The van der Waals surface area contributed by atoms with E-state index in [1.807, 2.05) is 17.9 Å². The molecule has 1 heterocycles. The summed E-state index contributed by atoms with van der Waals surface area (Å²) in [5.41, 5.74) is 1.51. The lowest BCUT2D eigenvalue weighted by Gasteiger charge is -2.38. The summed E-state index contributed by atoms with van der Waals surface area (Å²) in [6.45, 7) is 4.28. The number of likely N-dealkylation sites (N-methyl/N-ethyl adjacent to an activating group) is 1. The molecule has 3 rings (SSSR count). The van der Waals surface area contributed by atoms with Crippen molar-refractivity contribution in [3.8, 4) is 0 Å². The maximum atomic E-state index is 14.6. The lowest BCUT2D eigenvalue weighted by atomic mass is 9.93. The van der Waals surface area contributed by atoms with Crippen LogP contribution >= 0.6 is 12.6 Å². The smallest absolute Gasteiger partial charge is 0.317 e. The highest BCUT2D eigenvalue weighted by molar-refractivity contribution is 7.81. The van der Waals surface area contributed by atoms with Gasteiger partial charge < -0.3 is 5.11 Å². The van der Waals surface area contributed by atoms with E-state index >= 15 is 0 Å². The summed E-state index contributed by atoms with van der Waals surface area (Å²) in [6.07, 6.45) is 4.56. The number of aliphatic carboxylic acids is 1. The molecule has 2 unspecified atom stereocenters. The summed E-state index contributed by atoms with van der Waals surface area (Å²) in [5.74, 6) is -1.06. The van der Waals surface area contributed by atoms with Gasteiger partial charge in [0.25, 0.3) is 0 Å². The summed E-state index contributed by atoms with van der Waals surface area (Å²) in [5, 5.41) is 9.09. The third-order valence-electron chi connectivity index (χ3n) is 5.74. The third-order valence-corrected chi connectivity index (χ3v) is 6.33. The first-order valence-corrected chi connectivity index (χ1v) is 10.8. The average Bonchev–Trinajstić information content (AvgIpc) is 3.53. The number of likely N-dealkylation sites (tertiary alicyclic amines) is 1. The van der Waals surface area contributed by atoms with Gasteiger partial charge in [0.1, 0.15) is 5.82 Å². The topological polar surface area (TPSA) is 60.9 Å². The molecular weight excluding hydrogens is 391 g/mol. The van der Waals surface area contributed by atoms with Gasteiger partial charge in [-0.05, 0) is 37.4 Å². The van der Waals surface area contributed by atoms with Crippen LogP contribution in [0.3, 0.4) is 0 Å². The predicted molar refractivity (Wildman–Crippen MR) is 114 cm³/mol. The van der Waals surface area contributed by atoms with Crippen molar-refractivity contribution < 1.29 is 19.1 Å². The van der Waals surface area contributed by atoms with E-state index in [0.717, 1.165) is 24.8 Å². The van der Waals surface area contributed by atoms with Gasteiger partial charge in [0.15, 0.2) is 5.78 Å². The van der Waals surface area contributed by atoms with Crippen molar-refractivity contribution in [2.24, 2.45) is 5.92 Å². The van der Waals surface area contributed by atoms with Gasteiger partial charge in [-0.2, -0.15) is 12.6 Å². The summed E-state index contributed by atoms with van der Waals surface area (Å²) in [6, 6.07) is 5.97. The highest BCUT2D eigenvalue weighted by Gasteiger charge is 2.40. The van der Waals surface area contributed by atoms with Crippen molar-refractivity contribution in [2.75, 3.05) is 32.7 Å². The van der Waals surface area contributed by atoms with Gasteiger partial charge in [-0.25, -0.2) is 4.39 Å². The Morgan fingerprint density at radius 2 is 2.07 bits per heavy atom. The lowest BCUT2D eigenvalue weighted by molar-refractivity contribution is -0.138. The minimum atomic E-state index is -0.854. The zero-order chi connectivity index (χ0) is 21.0. The molecule has 0 spiro atoms. The summed E-state index contributed by atoms with van der Waals surface area (Å²) in [7, 11) is 0. The van der Waals surface area contributed by atoms with Crippen LogP contribution in [0, 0.1) is 11.7 Å². The number of Topliss-reactive ketones (excluding diaryl/α,β-unsaturated/α-hetero) is 1. The minimum absolute atomic E-state index is 0.0146. The Morgan fingerprint density at radius 1 is 1.34 bits per heavy atom. The van der Waals surface area contributed by atoms with Gasteiger partial charge in [-0.15, -0.1) is 0 Å². The molecule has 0 bridgehead atoms. The Balaban J connectivity index is 1.80. The van der Waals surface area contributed by atoms with Gasteiger partial charge in [-0.1, -0.05) is 31.2 Å². The molecule has 1 aliphatic carbocycles. The van der Waals surface area contributed by atoms with Crippen LogP contribution in [0.25, 0.3) is 0 Å². The SMILES string of the molecule is CCN(C/C=C1\CN(C(C(=O)C2CC2)c2ccccc2F)CCC1S)CC(=O)O. The van der Waals surface area contributed by atoms with Crippen LogP contribution in [0.15, 0.2) is 35.9 Å². The van der Waals surface area contributed by atoms with E-state index in [9.17, 15) is 14.0 Å². The lowest BCUT2D eigenvalue weighted by Crippen LogP contribution is -2.43. The number of piperidine rings is 1. The molecule has 1 aliphatic heterocycles. The number of carboxylic acid groups (broad SMARTS) is 1. The van der Waals surface area contributed by atoms with Crippen LogP contribution in [-0.4, -0.2) is 64.6 Å². The van der Waals surface area contributed by atoms with Gasteiger partial charge in [0.2, 0.25) is 0 Å². The molecular formula is C22H29FN2O3S. The van der Waals surface area contributed by atoms with Crippen molar-refractivity contribution in [3.05, 3.63) is 47.3 Å². The molecule has 0 radical (unpaired) electrons. The van der Waals surface area contributed by atoms with Crippen LogP contribution in [0.4, 0.5) is 4.39 Å². The molecule has 29 heavy (non-hydrogen) atoms. The van der Waals surface area contributed by atoms with E-state index in [1.54, 1.807) is 18.2 Å². The molecule has 1 saturated heterocycles. The molecule has 2 fully saturated rings. The molecule has 2 atom stereocenters. The molecule has 1 N–H and O–H groups in total. The second kappa shape index (κ2) is 9.87. The van der Waals surface area contributed by atoms with Gasteiger partial charge >= 0.3 is 5.97 Å². The zero-order valence-corrected chi connectivity index (χ0v) is 17.7. The normalized spacial score (nSPS) is 22.8. The molecule has 7 heteroatoms.